The average molecular weight is 451 g/mol. The number of esters is 1. The van der Waals surface area contributed by atoms with Crippen molar-refractivity contribution in [1.29, 1.82) is 0 Å². The van der Waals surface area contributed by atoms with Crippen LogP contribution in [0.25, 0.3) is 0 Å². The third-order valence-electron chi connectivity index (χ3n) is 3.64. The highest BCUT2D eigenvalue weighted by atomic mass is 35.5. The van der Waals surface area contributed by atoms with Gasteiger partial charge in [0.15, 0.2) is 6.10 Å². The first-order valence-corrected chi connectivity index (χ1v) is 9.48. The lowest BCUT2D eigenvalue weighted by Crippen LogP contribution is -2.30. The van der Waals surface area contributed by atoms with Crippen LogP contribution in [-0.4, -0.2) is 18.2 Å². The molecule has 29 heavy (non-hydrogen) atoms. The van der Waals surface area contributed by atoms with Crippen LogP contribution in [0.15, 0.2) is 36.4 Å². The highest BCUT2D eigenvalue weighted by Gasteiger charge is 2.31. The summed E-state index contributed by atoms with van der Waals surface area (Å²) in [6.07, 6.45) is -5.34. The minimum Gasteiger partial charge on any atom is -0.477 e. The summed E-state index contributed by atoms with van der Waals surface area (Å²) >= 11 is 12.0. The summed E-state index contributed by atoms with van der Waals surface area (Å²) in [6.45, 7) is 5.20. The molecule has 0 bridgehead atoms. The van der Waals surface area contributed by atoms with Crippen molar-refractivity contribution < 1.29 is 32.2 Å². The van der Waals surface area contributed by atoms with Gasteiger partial charge in [0.2, 0.25) is 0 Å². The van der Waals surface area contributed by atoms with E-state index in [2.05, 4.69) is 0 Å². The van der Waals surface area contributed by atoms with Gasteiger partial charge < -0.3 is 14.2 Å². The van der Waals surface area contributed by atoms with Crippen LogP contribution in [0, 0.1) is 0 Å². The van der Waals surface area contributed by atoms with E-state index in [1.807, 2.05) is 0 Å². The van der Waals surface area contributed by atoms with Crippen molar-refractivity contribution in [2.75, 3.05) is 0 Å². The van der Waals surface area contributed by atoms with E-state index < -0.39 is 23.8 Å². The van der Waals surface area contributed by atoms with E-state index in [1.54, 1.807) is 20.8 Å². The molecule has 0 spiro atoms. The van der Waals surface area contributed by atoms with Gasteiger partial charge in [-0.2, -0.15) is 13.2 Å². The normalized spacial score (nSPS) is 12.6. The molecule has 2 rings (SSSR count). The number of carbonyl (C=O) groups excluding carboxylic acids is 1. The van der Waals surface area contributed by atoms with Gasteiger partial charge in [-0.1, -0.05) is 30.1 Å². The first-order chi connectivity index (χ1) is 13.5. The molecule has 0 fully saturated rings. The van der Waals surface area contributed by atoms with E-state index in [0.717, 1.165) is 18.2 Å². The summed E-state index contributed by atoms with van der Waals surface area (Å²) in [4.78, 5) is 12.1. The quantitative estimate of drug-likeness (QED) is 0.429. The van der Waals surface area contributed by atoms with E-state index in [1.165, 1.54) is 18.2 Å². The Kier molecular flexibility index (Phi) is 7.66. The molecular weight excluding hydrogens is 432 g/mol. The van der Waals surface area contributed by atoms with Crippen molar-refractivity contribution in [3.63, 3.8) is 0 Å². The van der Waals surface area contributed by atoms with E-state index >= 15 is 0 Å². The fourth-order valence-electron chi connectivity index (χ4n) is 2.28. The van der Waals surface area contributed by atoms with Gasteiger partial charge in [0.1, 0.15) is 17.2 Å². The second-order valence-electron chi connectivity index (χ2n) is 6.34. The topological polar surface area (TPSA) is 44.8 Å². The Hall–Kier alpha value is -2.12. The molecule has 0 aliphatic carbocycles. The summed E-state index contributed by atoms with van der Waals surface area (Å²) < 4.78 is 54.6. The highest BCUT2D eigenvalue weighted by molar-refractivity contribution is 6.32. The summed E-state index contributed by atoms with van der Waals surface area (Å²) in [6, 6.07) is 7.15. The van der Waals surface area contributed by atoms with Gasteiger partial charge in [-0.3, -0.25) is 0 Å². The van der Waals surface area contributed by atoms with E-state index in [9.17, 15) is 18.0 Å². The zero-order valence-corrected chi connectivity index (χ0v) is 17.4. The van der Waals surface area contributed by atoms with Gasteiger partial charge in [0, 0.05) is 6.07 Å². The first-order valence-electron chi connectivity index (χ1n) is 8.72. The number of rotatable bonds is 7. The van der Waals surface area contributed by atoms with Crippen LogP contribution in [0.4, 0.5) is 13.2 Å². The number of ether oxygens (including phenoxy) is 3. The van der Waals surface area contributed by atoms with Crippen molar-refractivity contribution in [2.24, 2.45) is 0 Å². The maximum absolute atomic E-state index is 12.8. The molecular formula is C20H19Cl2F3O4. The Morgan fingerprint density at radius 2 is 1.72 bits per heavy atom. The lowest BCUT2D eigenvalue weighted by atomic mass is 10.2. The van der Waals surface area contributed by atoms with Crippen LogP contribution >= 0.6 is 23.2 Å². The summed E-state index contributed by atoms with van der Waals surface area (Å²) in [5.41, 5.74) is -0.885. The van der Waals surface area contributed by atoms with Crippen LogP contribution in [0.1, 0.15) is 32.8 Å². The fraction of sp³-hybridized carbons (Fsp3) is 0.350. The predicted octanol–water partition coefficient (Wildman–Crippen LogP) is 6.91. The Labute approximate surface area is 176 Å². The number of hydrogen-bond donors (Lipinski definition) is 0. The van der Waals surface area contributed by atoms with Crippen LogP contribution in [0.2, 0.25) is 10.0 Å². The molecule has 158 valence electrons. The highest BCUT2D eigenvalue weighted by Crippen LogP contribution is 2.38. The molecule has 2 aromatic rings. The van der Waals surface area contributed by atoms with Gasteiger partial charge in [0.25, 0.3) is 0 Å². The second-order valence-corrected chi connectivity index (χ2v) is 7.15. The molecule has 1 atom stereocenters. The summed E-state index contributed by atoms with van der Waals surface area (Å²) in [5, 5.41) is 0.0239. The number of carbonyl (C=O) groups is 1. The maximum Gasteiger partial charge on any atom is 0.416 e. The van der Waals surface area contributed by atoms with E-state index in [-0.39, 0.29) is 33.4 Å². The van der Waals surface area contributed by atoms with Crippen LogP contribution in [-0.2, 0) is 15.7 Å². The Morgan fingerprint density at radius 3 is 2.28 bits per heavy atom. The monoisotopic (exact) mass is 450 g/mol. The standard InChI is InChI=1S/C20H19Cl2F3O4/c1-4-16(19(26)27-11(2)3)29-18-10-13(6-7-14(18)21)28-17-8-5-12(9-15(17)22)20(23,24)25/h5-11,16H,4H2,1-3H3. The van der Waals surface area contributed by atoms with E-state index in [0.29, 0.717) is 6.42 Å². The molecule has 0 N–H and O–H groups in total. The third kappa shape index (κ3) is 6.44. The smallest absolute Gasteiger partial charge is 0.416 e. The molecule has 0 saturated carbocycles. The number of halogens is 5. The predicted molar refractivity (Wildman–Crippen MR) is 104 cm³/mol. The van der Waals surface area contributed by atoms with Crippen molar-refractivity contribution in [1.82, 2.24) is 0 Å². The molecule has 2 aromatic carbocycles. The zero-order chi connectivity index (χ0) is 21.8. The number of benzene rings is 2. The maximum atomic E-state index is 12.8. The molecule has 0 aliphatic rings. The van der Waals surface area contributed by atoms with Gasteiger partial charge >= 0.3 is 12.1 Å². The Morgan fingerprint density at radius 1 is 1.03 bits per heavy atom. The first kappa shape index (κ1) is 23.2. The zero-order valence-electron chi connectivity index (χ0n) is 15.8. The molecule has 9 heteroatoms. The van der Waals surface area contributed by atoms with Crippen molar-refractivity contribution in [3.8, 4) is 17.2 Å². The Bertz CT molecular complexity index is 869. The summed E-state index contributed by atoms with van der Waals surface area (Å²) in [5.74, 6) is -0.118. The minimum absolute atomic E-state index is 0.0270. The molecule has 0 amide bonds. The number of hydrogen-bond acceptors (Lipinski definition) is 4. The molecule has 0 aliphatic heterocycles. The SMILES string of the molecule is CCC(Oc1cc(Oc2ccc(C(F)(F)F)cc2Cl)ccc1Cl)C(=O)OC(C)C. The third-order valence-corrected chi connectivity index (χ3v) is 4.25. The van der Waals surface area contributed by atoms with Crippen molar-refractivity contribution in [3.05, 3.63) is 52.0 Å². The molecule has 1 unspecified atom stereocenters. The second kappa shape index (κ2) is 9.59. The molecule has 0 aromatic heterocycles. The van der Waals surface area contributed by atoms with Crippen LogP contribution < -0.4 is 9.47 Å². The largest absolute Gasteiger partial charge is 0.477 e. The fourth-order valence-corrected chi connectivity index (χ4v) is 2.67. The van der Waals surface area contributed by atoms with Gasteiger partial charge in [-0.15, -0.1) is 0 Å². The van der Waals surface area contributed by atoms with Gasteiger partial charge in [-0.25, -0.2) is 4.79 Å². The lowest BCUT2D eigenvalue weighted by molar-refractivity contribution is -0.156. The van der Waals surface area contributed by atoms with Gasteiger partial charge in [0.05, 0.1) is 21.7 Å². The number of alkyl halides is 3. The summed E-state index contributed by atoms with van der Waals surface area (Å²) in [7, 11) is 0. The lowest BCUT2D eigenvalue weighted by Gasteiger charge is -2.19. The molecule has 0 radical (unpaired) electrons. The molecule has 4 nitrogen and oxygen atoms in total. The Balaban J connectivity index is 2.21. The van der Waals surface area contributed by atoms with Crippen LogP contribution in [0.5, 0.6) is 17.2 Å². The average Bonchev–Trinajstić information content (AvgIpc) is 2.62. The van der Waals surface area contributed by atoms with Crippen molar-refractivity contribution in [2.45, 2.75) is 45.6 Å². The van der Waals surface area contributed by atoms with Crippen LogP contribution in [0.3, 0.4) is 0 Å². The molecule has 0 saturated heterocycles. The minimum atomic E-state index is -4.51. The van der Waals surface area contributed by atoms with Gasteiger partial charge in [-0.05, 0) is 50.6 Å². The van der Waals surface area contributed by atoms with Crippen molar-refractivity contribution >= 4 is 29.2 Å². The molecule has 0 heterocycles. The van der Waals surface area contributed by atoms with E-state index in [4.69, 9.17) is 37.4 Å².